The maximum atomic E-state index is 12.8. The number of methoxy groups -OCH3 is 1. The molecule has 3 amide bonds. The van der Waals surface area contributed by atoms with Gasteiger partial charge in [0.2, 0.25) is 5.91 Å². The van der Waals surface area contributed by atoms with Crippen molar-refractivity contribution in [3.05, 3.63) is 59.7 Å². The van der Waals surface area contributed by atoms with E-state index in [0.29, 0.717) is 26.2 Å². The molecule has 2 aliphatic heterocycles. The third-order valence-corrected chi connectivity index (χ3v) is 5.27. The van der Waals surface area contributed by atoms with Gasteiger partial charge in [-0.1, -0.05) is 24.3 Å². The molecule has 2 heterocycles. The quantitative estimate of drug-likeness (QED) is 0.837. The molecule has 0 spiro atoms. The van der Waals surface area contributed by atoms with E-state index in [1.807, 2.05) is 53.4 Å². The summed E-state index contributed by atoms with van der Waals surface area (Å²) in [6, 6.07) is 15.5. The first-order valence-corrected chi connectivity index (χ1v) is 9.21. The van der Waals surface area contributed by atoms with Gasteiger partial charge in [-0.3, -0.25) is 9.69 Å². The van der Waals surface area contributed by atoms with Crippen LogP contribution >= 0.6 is 0 Å². The molecule has 2 aromatic carbocycles. The largest absolute Gasteiger partial charge is 0.497 e. The molecule has 0 atom stereocenters. The number of amides is 3. The number of carbonyl (C=O) groups is 2. The second-order valence-electron chi connectivity index (χ2n) is 6.89. The zero-order valence-electron chi connectivity index (χ0n) is 15.4. The number of rotatable bonds is 4. The number of ether oxygens (including phenoxy) is 1. The van der Waals surface area contributed by atoms with E-state index in [-0.39, 0.29) is 18.5 Å². The Hall–Kier alpha value is -3.02. The highest BCUT2D eigenvalue weighted by atomic mass is 16.5. The van der Waals surface area contributed by atoms with Crippen molar-refractivity contribution in [2.45, 2.75) is 13.0 Å². The Bertz CT molecular complexity index is 853. The lowest BCUT2D eigenvalue weighted by Crippen LogP contribution is -2.44. The normalized spacial score (nSPS) is 16.5. The van der Waals surface area contributed by atoms with Crippen LogP contribution in [-0.2, 0) is 17.8 Å². The Balaban J connectivity index is 1.39. The number of hydrogen-bond acceptors (Lipinski definition) is 3. The van der Waals surface area contributed by atoms with E-state index in [4.69, 9.17) is 4.74 Å². The number of hydrogen-bond donors (Lipinski definition) is 0. The Morgan fingerprint density at radius 2 is 1.85 bits per heavy atom. The van der Waals surface area contributed by atoms with E-state index in [2.05, 4.69) is 0 Å². The zero-order chi connectivity index (χ0) is 18.8. The van der Waals surface area contributed by atoms with Crippen LogP contribution in [0.4, 0.5) is 10.5 Å². The SMILES string of the molecule is COc1ccc2c(c1)CCN(C(=O)CN1CCN(c3ccccc3)C1=O)C2. The van der Waals surface area contributed by atoms with E-state index >= 15 is 0 Å². The lowest BCUT2D eigenvalue weighted by Gasteiger charge is -2.30. The van der Waals surface area contributed by atoms with Crippen molar-refractivity contribution in [2.75, 3.05) is 38.2 Å². The predicted molar refractivity (Wildman–Crippen MR) is 103 cm³/mol. The Morgan fingerprint density at radius 3 is 2.63 bits per heavy atom. The van der Waals surface area contributed by atoms with Gasteiger partial charge in [-0.2, -0.15) is 0 Å². The van der Waals surface area contributed by atoms with Crippen LogP contribution in [0, 0.1) is 0 Å². The fraction of sp³-hybridized carbons (Fsp3) is 0.333. The van der Waals surface area contributed by atoms with E-state index in [0.717, 1.165) is 23.4 Å². The second kappa shape index (κ2) is 7.31. The number of anilines is 1. The lowest BCUT2D eigenvalue weighted by atomic mass is 9.99. The summed E-state index contributed by atoms with van der Waals surface area (Å²) in [5, 5.41) is 0. The highest BCUT2D eigenvalue weighted by Gasteiger charge is 2.32. The summed E-state index contributed by atoms with van der Waals surface area (Å²) in [5.41, 5.74) is 3.25. The summed E-state index contributed by atoms with van der Waals surface area (Å²) in [6.07, 6.45) is 0.808. The fourth-order valence-corrected chi connectivity index (χ4v) is 3.71. The minimum absolute atomic E-state index is 0.000250. The van der Waals surface area contributed by atoms with E-state index in [1.165, 1.54) is 5.56 Å². The molecule has 0 N–H and O–H groups in total. The number of nitrogens with zero attached hydrogens (tertiary/aromatic N) is 3. The van der Waals surface area contributed by atoms with Crippen molar-refractivity contribution in [1.82, 2.24) is 9.80 Å². The number of benzene rings is 2. The van der Waals surface area contributed by atoms with Crippen molar-refractivity contribution in [3.8, 4) is 5.75 Å². The van der Waals surface area contributed by atoms with Crippen molar-refractivity contribution >= 4 is 17.6 Å². The summed E-state index contributed by atoms with van der Waals surface area (Å²) < 4.78 is 5.27. The molecule has 6 heteroatoms. The predicted octanol–water partition coefficient (Wildman–Crippen LogP) is 2.52. The lowest BCUT2D eigenvalue weighted by molar-refractivity contribution is -0.132. The first-order valence-electron chi connectivity index (χ1n) is 9.21. The topological polar surface area (TPSA) is 53.1 Å². The van der Waals surface area contributed by atoms with Crippen LogP contribution in [0.3, 0.4) is 0 Å². The summed E-state index contributed by atoms with van der Waals surface area (Å²) >= 11 is 0. The van der Waals surface area contributed by atoms with Crippen molar-refractivity contribution < 1.29 is 14.3 Å². The van der Waals surface area contributed by atoms with Gasteiger partial charge in [0.1, 0.15) is 12.3 Å². The van der Waals surface area contributed by atoms with Crippen LogP contribution in [-0.4, -0.2) is 55.0 Å². The molecule has 0 aromatic heterocycles. The average molecular weight is 365 g/mol. The smallest absolute Gasteiger partial charge is 0.325 e. The zero-order valence-corrected chi connectivity index (χ0v) is 15.4. The molecule has 0 bridgehead atoms. The monoisotopic (exact) mass is 365 g/mol. The Morgan fingerprint density at radius 1 is 1.04 bits per heavy atom. The van der Waals surface area contributed by atoms with Crippen molar-refractivity contribution in [3.63, 3.8) is 0 Å². The molecular formula is C21H23N3O3. The van der Waals surface area contributed by atoms with Crippen LogP contribution in [0.5, 0.6) is 5.75 Å². The molecule has 0 radical (unpaired) electrons. The van der Waals surface area contributed by atoms with E-state index in [9.17, 15) is 9.59 Å². The first-order chi connectivity index (χ1) is 13.2. The van der Waals surface area contributed by atoms with Crippen LogP contribution < -0.4 is 9.64 Å². The highest BCUT2D eigenvalue weighted by Crippen LogP contribution is 2.24. The molecule has 0 saturated carbocycles. The third-order valence-electron chi connectivity index (χ3n) is 5.27. The number of para-hydroxylation sites is 1. The second-order valence-corrected chi connectivity index (χ2v) is 6.89. The summed E-state index contributed by atoms with van der Waals surface area (Å²) in [6.45, 7) is 2.57. The van der Waals surface area contributed by atoms with E-state index < -0.39 is 0 Å². The first kappa shape index (κ1) is 17.4. The molecule has 1 fully saturated rings. The minimum atomic E-state index is -0.100. The van der Waals surface area contributed by atoms with Gasteiger partial charge < -0.3 is 14.5 Å². The van der Waals surface area contributed by atoms with Crippen molar-refractivity contribution in [1.29, 1.82) is 0 Å². The highest BCUT2D eigenvalue weighted by molar-refractivity contribution is 5.96. The van der Waals surface area contributed by atoms with Crippen LogP contribution in [0.1, 0.15) is 11.1 Å². The molecule has 0 unspecified atom stereocenters. The molecule has 0 aliphatic carbocycles. The molecular weight excluding hydrogens is 342 g/mol. The number of carbonyl (C=O) groups excluding carboxylic acids is 2. The number of urea groups is 1. The van der Waals surface area contributed by atoms with Gasteiger partial charge in [-0.05, 0) is 41.8 Å². The van der Waals surface area contributed by atoms with Gasteiger partial charge in [0.15, 0.2) is 0 Å². The van der Waals surface area contributed by atoms with Gasteiger partial charge in [0.05, 0.1) is 7.11 Å². The molecule has 2 aromatic rings. The third kappa shape index (κ3) is 3.47. The van der Waals surface area contributed by atoms with Crippen LogP contribution in [0.25, 0.3) is 0 Å². The fourth-order valence-electron chi connectivity index (χ4n) is 3.71. The van der Waals surface area contributed by atoms with Gasteiger partial charge >= 0.3 is 6.03 Å². The van der Waals surface area contributed by atoms with Crippen LogP contribution in [0.2, 0.25) is 0 Å². The van der Waals surface area contributed by atoms with Crippen molar-refractivity contribution in [2.24, 2.45) is 0 Å². The maximum absolute atomic E-state index is 12.8. The average Bonchev–Trinajstić information content (AvgIpc) is 3.08. The van der Waals surface area contributed by atoms with Gasteiger partial charge in [-0.15, -0.1) is 0 Å². The summed E-state index contributed by atoms with van der Waals surface area (Å²) in [5.74, 6) is 0.844. The summed E-state index contributed by atoms with van der Waals surface area (Å²) in [7, 11) is 1.66. The van der Waals surface area contributed by atoms with Gasteiger partial charge in [0, 0.05) is 31.9 Å². The Kier molecular flexibility index (Phi) is 4.71. The maximum Gasteiger partial charge on any atom is 0.325 e. The molecule has 27 heavy (non-hydrogen) atoms. The molecule has 4 rings (SSSR count). The molecule has 1 saturated heterocycles. The minimum Gasteiger partial charge on any atom is -0.497 e. The standard InChI is InChI=1S/C21H23N3O3/c1-27-19-8-7-17-14-22(10-9-16(17)13-19)20(25)15-23-11-12-24(21(23)26)18-5-3-2-4-6-18/h2-8,13H,9-12,14-15H2,1H3. The van der Waals surface area contributed by atoms with Gasteiger partial charge in [-0.25, -0.2) is 4.79 Å². The summed E-state index contributed by atoms with van der Waals surface area (Å²) in [4.78, 5) is 30.6. The molecule has 140 valence electrons. The van der Waals surface area contributed by atoms with Gasteiger partial charge in [0.25, 0.3) is 0 Å². The Labute approximate surface area is 158 Å². The molecule has 2 aliphatic rings. The number of fused-ring (bicyclic) bond motifs is 1. The van der Waals surface area contributed by atoms with Crippen LogP contribution in [0.15, 0.2) is 48.5 Å². The molecule has 6 nitrogen and oxygen atoms in total. The van der Waals surface area contributed by atoms with E-state index in [1.54, 1.807) is 16.9 Å².